The fourth-order valence-electron chi connectivity index (χ4n) is 2.16. The summed E-state index contributed by atoms with van der Waals surface area (Å²) in [6, 6.07) is 0.0809. The molecular weight excluding hydrogens is 204 g/mol. The van der Waals surface area contributed by atoms with Gasteiger partial charge in [0.2, 0.25) is 0 Å². The average Bonchev–Trinajstić information content (AvgIpc) is 2.28. The van der Waals surface area contributed by atoms with Gasteiger partial charge in [0.05, 0.1) is 5.56 Å². The normalized spacial score (nSPS) is 25.5. The first-order valence-corrected chi connectivity index (χ1v) is 5.46. The molecule has 86 valence electrons. The standard InChI is InChI=1S/C11H16N4O/c1-8-2-10(12)6-15(5-8)11(16)9-3-13-7-14-4-9/h3-4,7-8,10H,2,5-6,12H2,1H3. The van der Waals surface area contributed by atoms with Crippen molar-refractivity contribution in [2.75, 3.05) is 13.1 Å². The topological polar surface area (TPSA) is 72.1 Å². The minimum Gasteiger partial charge on any atom is -0.337 e. The number of likely N-dealkylation sites (tertiary alicyclic amines) is 1. The van der Waals surface area contributed by atoms with Crippen molar-refractivity contribution in [1.82, 2.24) is 14.9 Å². The van der Waals surface area contributed by atoms with Gasteiger partial charge in [0.1, 0.15) is 6.33 Å². The van der Waals surface area contributed by atoms with E-state index in [9.17, 15) is 4.79 Å². The van der Waals surface area contributed by atoms with Crippen LogP contribution in [0.25, 0.3) is 0 Å². The molecule has 2 N–H and O–H groups in total. The van der Waals surface area contributed by atoms with Crippen LogP contribution < -0.4 is 5.73 Å². The van der Waals surface area contributed by atoms with Crippen molar-refractivity contribution in [3.63, 3.8) is 0 Å². The van der Waals surface area contributed by atoms with Gasteiger partial charge in [-0.2, -0.15) is 0 Å². The summed E-state index contributed by atoms with van der Waals surface area (Å²) in [5.74, 6) is 0.430. The number of carbonyl (C=O) groups excluding carboxylic acids is 1. The van der Waals surface area contributed by atoms with E-state index < -0.39 is 0 Å². The third-order valence-electron chi connectivity index (χ3n) is 2.79. The number of aromatic nitrogens is 2. The van der Waals surface area contributed by atoms with E-state index in [-0.39, 0.29) is 11.9 Å². The highest BCUT2D eigenvalue weighted by molar-refractivity contribution is 5.93. The van der Waals surface area contributed by atoms with Gasteiger partial charge in [0, 0.05) is 31.5 Å². The highest BCUT2D eigenvalue weighted by Crippen LogP contribution is 2.16. The van der Waals surface area contributed by atoms with Gasteiger partial charge in [-0.3, -0.25) is 4.79 Å². The first-order chi connectivity index (χ1) is 7.66. The maximum Gasteiger partial charge on any atom is 0.257 e. The summed E-state index contributed by atoms with van der Waals surface area (Å²) >= 11 is 0. The number of nitrogens with zero attached hydrogens (tertiary/aromatic N) is 3. The van der Waals surface area contributed by atoms with E-state index in [0.29, 0.717) is 18.0 Å². The second-order valence-electron chi connectivity index (χ2n) is 4.44. The Balaban J connectivity index is 2.10. The predicted molar refractivity (Wildman–Crippen MR) is 59.7 cm³/mol. The fourth-order valence-corrected chi connectivity index (χ4v) is 2.16. The molecule has 2 heterocycles. The molecule has 0 bridgehead atoms. The summed E-state index contributed by atoms with van der Waals surface area (Å²) in [5.41, 5.74) is 6.44. The zero-order chi connectivity index (χ0) is 11.5. The van der Waals surface area contributed by atoms with E-state index in [1.165, 1.54) is 6.33 Å². The molecule has 5 nitrogen and oxygen atoms in total. The Morgan fingerprint density at radius 1 is 1.44 bits per heavy atom. The molecule has 1 aromatic heterocycles. The van der Waals surface area contributed by atoms with E-state index in [1.54, 1.807) is 17.3 Å². The van der Waals surface area contributed by atoms with Crippen molar-refractivity contribution in [2.45, 2.75) is 19.4 Å². The van der Waals surface area contributed by atoms with E-state index in [0.717, 1.165) is 13.0 Å². The van der Waals surface area contributed by atoms with Crippen LogP contribution in [0.5, 0.6) is 0 Å². The van der Waals surface area contributed by atoms with Crippen LogP contribution in [0.4, 0.5) is 0 Å². The lowest BCUT2D eigenvalue weighted by molar-refractivity contribution is 0.0660. The van der Waals surface area contributed by atoms with Crippen molar-refractivity contribution in [3.8, 4) is 0 Å². The van der Waals surface area contributed by atoms with E-state index in [1.807, 2.05) is 0 Å². The quantitative estimate of drug-likeness (QED) is 0.738. The molecule has 1 aromatic rings. The maximum absolute atomic E-state index is 12.1. The second kappa shape index (κ2) is 4.57. The second-order valence-corrected chi connectivity index (χ2v) is 4.44. The number of hydrogen-bond acceptors (Lipinski definition) is 4. The maximum atomic E-state index is 12.1. The van der Waals surface area contributed by atoms with Gasteiger partial charge < -0.3 is 10.6 Å². The van der Waals surface area contributed by atoms with Crippen LogP contribution in [-0.2, 0) is 0 Å². The molecule has 2 unspecified atom stereocenters. The summed E-state index contributed by atoms with van der Waals surface area (Å²) in [5, 5.41) is 0. The van der Waals surface area contributed by atoms with Crippen LogP contribution >= 0.6 is 0 Å². The van der Waals surface area contributed by atoms with E-state index in [2.05, 4.69) is 16.9 Å². The highest BCUT2D eigenvalue weighted by Gasteiger charge is 2.26. The number of carbonyl (C=O) groups is 1. The molecule has 1 aliphatic heterocycles. The summed E-state index contributed by atoms with van der Waals surface area (Å²) in [4.78, 5) is 21.6. The number of nitrogens with two attached hydrogens (primary N) is 1. The van der Waals surface area contributed by atoms with Gasteiger partial charge in [-0.25, -0.2) is 9.97 Å². The van der Waals surface area contributed by atoms with Gasteiger partial charge >= 0.3 is 0 Å². The SMILES string of the molecule is CC1CC(N)CN(C(=O)c2cncnc2)C1. The molecule has 0 aliphatic carbocycles. The number of amides is 1. The lowest BCUT2D eigenvalue weighted by Crippen LogP contribution is -2.48. The molecule has 2 atom stereocenters. The predicted octanol–water partition coefficient (Wildman–Crippen LogP) is 0.286. The van der Waals surface area contributed by atoms with Crippen molar-refractivity contribution in [2.24, 2.45) is 11.7 Å². The van der Waals surface area contributed by atoms with E-state index >= 15 is 0 Å². The number of hydrogen-bond donors (Lipinski definition) is 1. The zero-order valence-electron chi connectivity index (χ0n) is 9.34. The summed E-state index contributed by atoms with van der Waals surface area (Å²) in [6.07, 6.45) is 5.48. The van der Waals surface area contributed by atoms with Crippen LogP contribution in [0.15, 0.2) is 18.7 Å². The molecule has 1 amide bonds. The minimum absolute atomic E-state index is 0.0254. The van der Waals surface area contributed by atoms with Crippen LogP contribution in [0.2, 0.25) is 0 Å². The molecule has 1 fully saturated rings. The molecule has 16 heavy (non-hydrogen) atoms. The summed E-state index contributed by atoms with van der Waals surface area (Å²) in [6.45, 7) is 3.50. The van der Waals surface area contributed by atoms with Crippen molar-refractivity contribution >= 4 is 5.91 Å². The van der Waals surface area contributed by atoms with Crippen molar-refractivity contribution in [3.05, 3.63) is 24.3 Å². The first kappa shape index (κ1) is 11.0. The number of rotatable bonds is 1. The number of piperidine rings is 1. The summed E-state index contributed by atoms with van der Waals surface area (Å²) < 4.78 is 0. The van der Waals surface area contributed by atoms with Gasteiger partial charge in [-0.15, -0.1) is 0 Å². The Bertz CT molecular complexity index is 358. The molecule has 0 spiro atoms. The van der Waals surface area contributed by atoms with E-state index in [4.69, 9.17) is 5.73 Å². The Morgan fingerprint density at radius 3 is 2.75 bits per heavy atom. The molecular formula is C11H16N4O. The zero-order valence-corrected chi connectivity index (χ0v) is 9.34. The van der Waals surface area contributed by atoms with Crippen LogP contribution in [0.3, 0.4) is 0 Å². The van der Waals surface area contributed by atoms with Crippen molar-refractivity contribution in [1.29, 1.82) is 0 Å². The summed E-state index contributed by atoms with van der Waals surface area (Å²) in [7, 11) is 0. The molecule has 0 radical (unpaired) electrons. The smallest absolute Gasteiger partial charge is 0.257 e. The highest BCUT2D eigenvalue weighted by atomic mass is 16.2. The fraction of sp³-hybridized carbons (Fsp3) is 0.545. The van der Waals surface area contributed by atoms with Gasteiger partial charge in [0.25, 0.3) is 5.91 Å². The molecule has 1 saturated heterocycles. The third-order valence-corrected chi connectivity index (χ3v) is 2.79. The minimum atomic E-state index is -0.0254. The first-order valence-electron chi connectivity index (χ1n) is 5.46. The Kier molecular flexibility index (Phi) is 3.14. The Hall–Kier alpha value is -1.49. The van der Waals surface area contributed by atoms with Crippen LogP contribution in [0, 0.1) is 5.92 Å². The molecule has 5 heteroatoms. The average molecular weight is 220 g/mol. The van der Waals surface area contributed by atoms with Gasteiger partial charge in [-0.1, -0.05) is 6.92 Å². The lowest BCUT2D eigenvalue weighted by atomic mass is 9.96. The monoisotopic (exact) mass is 220 g/mol. The Labute approximate surface area is 94.7 Å². The largest absolute Gasteiger partial charge is 0.337 e. The molecule has 0 saturated carbocycles. The lowest BCUT2D eigenvalue weighted by Gasteiger charge is -2.34. The third kappa shape index (κ3) is 2.36. The van der Waals surface area contributed by atoms with Crippen molar-refractivity contribution < 1.29 is 4.79 Å². The Morgan fingerprint density at radius 2 is 2.12 bits per heavy atom. The van der Waals surface area contributed by atoms with Crippen LogP contribution in [-0.4, -0.2) is 39.9 Å². The van der Waals surface area contributed by atoms with Gasteiger partial charge in [-0.05, 0) is 12.3 Å². The molecule has 0 aromatic carbocycles. The molecule has 2 rings (SSSR count). The molecule has 1 aliphatic rings. The van der Waals surface area contributed by atoms with Gasteiger partial charge in [0.15, 0.2) is 0 Å². The van der Waals surface area contributed by atoms with Crippen LogP contribution in [0.1, 0.15) is 23.7 Å².